The van der Waals surface area contributed by atoms with Gasteiger partial charge in [-0.05, 0) is 43.2 Å². The van der Waals surface area contributed by atoms with E-state index in [9.17, 15) is 9.59 Å². The summed E-state index contributed by atoms with van der Waals surface area (Å²) in [6.45, 7) is 4.42. The van der Waals surface area contributed by atoms with Gasteiger partial charge < -0.3 is 15.0 Å². The molecule has 3 rings (SSSR count). The van der Waals surface area contributed by atoms with Crippen LogP contribution < -0.4 is 15.0 Å². The Morgan fingerprint density at radius 3 is 2.72 bits per heavy atom. The molecule has 2 aromatic rings. The van der Waals surface area contributed by atoms with E-state index in [0.717, 1.165) is 16.8 Å². The fourth-order valence-electron chi connectivity index (χ4n) is 3.09. The minimum absolute atomic E-state index is 0.0144. The number of anilines is 2. The van der Waals surface area contributed by atoms with Crippen molar-refractivity contribution in [1.82, 2.24) is 0 Å². The lowest BCUT2D eigenvalue weighted by atomic mass is 10.1. The Morgan fingerprint density at radius 2 is 1.96 bits per heavy atom. The molecule has 2 aromatic carbocycles. The third-order valence-electron chi connectivity index (χ3n) is 4.70. The lowest BCUT2D eigenvalue weighted by Crippen LogP contribution is -2.28. The van der Waals surface area contributed by atoms with Crippen molar-refractivity contribution in [2.45, 2.75) is 20.3 Å². The third-order valence-corrected chi connectivity index (χ3v) is 4.70. The monoisotopic (exact) mass is 338 g/mol. The Hall–Kier alpha value is -2.82. The van der Waals surface area contributed by atoms with Gasteiger partial charge in [0, 0.05) is 30.4 Å². The molecule has 1 atom stereocenters. The molecule has 2 amide bonds. The second-order valence-corrected chi connectivity index (χ2v) is 6.35. The molecule has 1 aliphatic heterocycles. The number of nitrogens with one attached hydrogen (secondary N) is 1. The Morgan fingerprint density at radius 1 is 1.20 bits per heavy atom. The van der Waals surface area contributed by atoms with E-state index in [-0.39, 0.29) is 24.2 Å². The molecule has 5 heteroatoms. The van der Waals surface area contributed by atoms with Crippen molar-refractivity contribution >= 4 is 23.2 Å². The van der Waals surface area contributed by atoms with Gasteiger partial charge >= 0.3 is 0 Å². The maximum atomic E-state index is 12.6. The first kappa shape index (κ1) is 17.0. The first-order chi connectivity index (χ1) is 12.0. The first-order valence-corrected chi connectivity index (χ1v) is 8.31. The van der Waals surface area contributed by atoms with Crippen LogP contribution in [0.1, 0.15) is 17.5 Å². The third kappa shape index (κ3) is 3.50. The van der Waals surface area contributed by atoms with E-state index in [1.807, 2.05) is 44.2 Å². The molecule has 5 nitrogen and oxygen atoms in total. The van der Waals surface area contributed by atoms with Gasteiger partial charge in [0.15, 0.2) is 0 Å². The lowest BCUT2D eigenvalue weighted by Gasteiger charge is -2.20. The maximum absolute atomic E-state index is 12.6. The largest absolute Gasteiger partial charge is 0.497 e. The van der Waals surface area contributed by atoms with Crippen LogP contribution in [-0.4, -0.2) is 25.5 Å². The highest BCUT2D eigenvalue weighted by Gasteiger charge is 2.35. The number of hydrogen-bond acceptors (Lipinski definition) is 3. The van der Waals surface area contributed by atoms with Crippen LogP contribution in [-0.2, 0) is 9.59 Å². The lowest BCUT2D eigenvalue weighted by molar-refractivity contribution is -0.122. The summed E-state index contributed by atoms with van der Waals surface area (Å²) in [4.78, 5) is 26.7. The van der Waals surface area contributed by atoms with Crippen molar-refractivity contribution in [3.05, 3.63) is 53.6 Å². The number of ether oxygens (including phenoxy) is 1. The molecule has 0 aliphatic carbocycles. The summed E-state index contributed by atoms with van der Waals surface area (Å²) >= 11 is 0. The molecule has 0 saturated carbocycles. The summed E-state index contributed by atoms with van der Waals surface area (Å²) in [6.07, 6.45) is 0.225. The van der Waals surface area contributed by atoms with E-state index in [2.05, 4.69) is 5.32 Å². The van der Waals surface area contributed by atoms with Crippen LogP contribution in [0.2, 0.25) is 0 Å². The van der Waals surface area contributed by atoms with Crippen LogP contribution in [0, 0.1) is 19.8 Å². The number of benzene rings is 2. The van der Waals surface area contributed by atoms with E-state index in [0.29, 0.717) is 18.0 Å². The number of amides is 2. The van der Waals surface area contributed by atoms with Gasteiger partial charge in [-0.2, -0.15) is 0 Å². The smallest absolute Gasteiger partial charge is 0.229 e. The Bertz CT molecular complexity index is 816. The van der Waals surface area contributed by atoms with Gasteiger partial charge in [-0.15, -0.1) is 0 Å². The molecule has 0 spiro atoms. The molecular weight excluding hydrogens is 316 g/mol. The predicted molar refractivity (Wildman–Crippen MR) is 98.0 cm³/mol. The molecule has 25 heavy (non-hydrogen) atoms. The number of carbonyl (C=O) groups is 2. The molecular formula is C20H22N2O3. The van der Waals surface area contributed by atoms with Gasteiger partial charge in [0.25, 0.3) is 0 Å². The molecule has 1 heterocycles. The van der Waals surface area contributed by atoms with Gasteiger partial charge in [0.05, 0.1) is 13.0 Å². The second-order valence-electron chi connectivity index (χ2n) is 6.35. The van der Waals surface area contributed by atoms with Crippen molar-refractivity contribution < 1.29 is 14.3 Å². The van der Waals surface area contributed by atoms with Crippen molar-refractivity contribution in [2.24, 2.45) is 5.92 Å². The average Bonchev–Trinajstić information content (AvgIpc) is 2.99. The highest BCUT2D eigenvalue weighted by atomic mass is 16.5. The normalized spacial score (nSPS) is 16.8. The zero-order valence-corrected chi connectivity index (χ0v) is 14.7. The highest BCUT2D eigenvalue weighted by molar-refractivity contribution is 6.04. The van der Waals surface area contributed by atoms with Gasteiger partial charge in [0.1, 0.15) is 5.75 Å². The van der Waals surface area contributed by atoms with Crippen LogP contribution in [0.4, 0.5) is 11.4 Å². The zero-order valence-electron chi connectivity index (χ0n) is 14.7. The Kier molecular flexibility index (Phi) is 4.74. The van der Waals surface area contributed by atoms with E-state index < -0.39 is 0 Å². The number of methoxy groups -OCH3 is 1. The van der Waals surface area contributed by atoms with E-state index >= 15 is 0 Å². The van der Waals surface area contributed by atoms with Crippen LogP contribution >= 0.6 is 0 Å². The van der Waals surface area contributed by atoms with Gasteiger partial charge in [-0.25, -0.2) is 0 Å². The first-order valence-electron chi connectivity index (χ1n) is 8.31. The van der Waals surface area contributed by atoms with Gasteiger partial charge in [-0.1, -0.05) is 18.2 Å². The maximum Gasteiger partial charge on any atom is 0.229 e. The molecule has 0 aromatic heterocycles. The molecule has 1 N–H and O–H groups in total. The van der Waals surface area contributed by atoms with Gasteiger partial charge in [-0.3, -0.25) is 9.59 Å². The minimum atomic E-state index is -0.362. The quantitative estimate of drug-likeness (QED) is 0.930. The van der Waals surface area contributed by atoms with E-state index in [1.54, 1.807) is 24.1 Å². The highest BCUT2D eigenvalue weighted by Crippen LogP contribution is 2.30. The number of rotatable bonds is 4. The van der Waals surface area contributed by atoms with Crippen LogP contribution in [0.3, 0.4) is 0 Å². The number of hydrogen-bond donors (Lipinski definition) is 1. The second kappa shape index (κ2) is 6.97. The van der Waals surface area contributed by atoms with Gasteiger partial charge in [0.2, 0.25) is 11.8 Å². The molecule has 130 valence electrons. The summed E-state index contributed by atoms with van der Waals surface area (Å²) in [5.41, 5.74) is 3.77. The Balaban J connectivity index is 1.73. The molecule has 1 fully saturated rings. The van der Waals surface area contributed by atoms with Crippen molar-refractivity contribution in [2.75, 3.05) is 23.9 Å². The molecule has 1 saturated heterocycles. The van der Waals surface area contributed by atoms with Crippen molar-refractivity contribution in [3.63, 3.8) is 0 Å². The van der Waals surface area contributed by atoms with Crippen LogP contribution in [0.15, 0.2) is 42.5 Å². The summed E-state index contributed by atoms with van der Waals surface area (Å²) in [7, 11) is 1.58. The molecule has 1 unspecified atom stereocenters. The standard InChI is InChI=1S/C20H22N2O3/c1-13-6-4-9-18(14(13)2)22-12-15(10-19(22)23)20(24)21-16-7-5-8-17(11-16)25-3/h4-9,11,15H,10,12H2,1-3H3,(H,21,24). The number of carbonyl (C=O) groups excluding carboxylic acids is 2. The van der Waals surface area contributed by atoms with Crippen molar-refractivity contribution in [3.8, 4) is 5.75 Å². The number of nitrogens with zero attached hydrogens (tertiary/aromatic N) is 1. The molecule has 0 bridgehead atoms. The predicted octanol–water partition coefficient (Wildman–Crippen LogP) is 3.30. The number of aryl methyl sites for hydroxylation is 1. The summed E-state index contributed by atoms with van der Waals surface area (Å²) in [5, 5.41) is 2.88. The van der Waals surface area contributed by atoms with E-state index in [4.69, 9.17) is 4.74 Å². The fraction of sp³-hybridized carbons (Fsp3) is 0.300. The topological polar surface area (TPSA) is 58.6 Å². The average molecular weight is 338 g/mol. The van der Waals surface area contributed by atoms with Crippen LogP contribution in [0.5, 0.6) is 5.75 Å². The molecule has 0 radical (unpaired) electrons. The van der Waals surface area contributed by atoms with Crippen molar-refractivity contribution in [1.29, 1.82) is 0 Å². The zero-order chi connectivity index (χ0) is 18.0. The Labute approximate surface area is 147 Å². The minimum Gasteiger partial charge on any atom is -0.497 e. The molecule has 1 aliphatic rings. The SMILES string of the molecule is COc1cccc(NC(=O)C2CC(=O)N(c3cccc(C)c3C)C2)c1. The summed E-state index contributed by atoms with van der Waals surface area (Å²) in [6, 6.07) is 13.1. The fourth-order valence-corrected chi connectivity index (χ4v) is 3.09. The summed E-state index contributed by atoms with van der Waals surface area (Å²) < 4.78 is 5.16. The van der Waals surface area contributed by atoms with E-state index in [1.165, 1.54) is 0 Å². The van der Waals surface area contributed by atoms with Crippen LogP contribution in [0.25, 0.3) is 0 Å². The summed E-state index contributed by atoms with van der Waals surface area (Å²) in [5.74, 6) is 0.157.